The van der Waals surface area contributed by atoms with Crippen LogP contribution in [0.25, 0.3) is 0 Å². The molecule has 0 radical (unpaired) electrons. The van der Waals surface area contributed by atoms with Gasteiger partial charge in [0.1, 0.15) is 5.69 Å². The van der Waals surface area contributed by atoms with Gasteiger partial charge in [0, 0.05) is 0 Å². The summed E-state index contributed by atoms with van der Waals surface area (Å²) in [6, 6.07) is 10.2. The highest BCUT2D eigenvalue weighted by Crippen LogP contribution is 2.23. The average molecular weight is 295 g/mol. The number of imidazole rings is 1. The molecule has 0 saturated carbocycles. The molecule has 1 aromatic carbocycles. The lowest BCUT2D eigenvalue weighted by atomic mass is 10.0. The molecule has 0 N–H and O–H groups in total. The minimum atomic E-state index is -0.325. The first-order chi connectivity index (χ1) is 9.27. The van der Waals surface area contributed by atoms with Crippen LogP contribution in [-0.2, 0) is 4.74 Å². The quantitative estimate of drug-likeness (QED) is 0.793. The Labute approximate surface area is 125 Å². The third kappa shape index (κ3) is 3.39. The summed E-state index contributed by atoms with van der Waals surface area (Å²) in [6.45, 7) is 4.26. The summed E-state index contributed by atoms with van der Waals surface area (Å²) in [6.07, 6.45) is 4.13. The zero-order valence-electron chi connectivity index (χ0n) is 11.7. The number of esters is 1. The third-order valence-electron chi connectivity index (χ3n) is 3.06. The van der Waals surface area contributed by atoms with Crippen molar-refractivity contribution in [3.8, 4) is 0 Å². The number of hydrogen-bond donors (Lipinski definition) is 0. The van der Waals surface area contributed by atoms with E-state index in [1.807, 2.05) is 22.8 Å². The molecule has 1 atom stereocenters. The second-order valence-corrected chi connectivity index (χ2v) is 4.24. The standard InChI is InChI=1S/C15H18N2O2.ClH/c1-3-13(12-8-6-5-7-9-12)17-11-16-10-14(17)15(18)19-4-2;/h5-11,13H,3-4H2,1-2H3;1H. The van der Waals surface area contributed by atoms with E-state index in [0.29, 0.717) is 12.3 Å². The largest absolute Gasteiger partial charge is 0.461 e. The SMILES string of the molecule is CCOC(=O)c1cncn1C(CC)c1ccccc1.Cl. The Balaban J connectivity index is 0.00000200. The molecular weight excluding hydrogens is 276 g/mol. The summed E-state index contributed by atoms with van der Waals surface area (Å²) in [5, 5.41) is 0. The van der Waals surface area contributed by atoms with Crippen LogP contribution < -0.4 is 0 Å². The molecule has 1 heterocycles. The summed E-state index contributed by atoms with van der Waals surface area (Å²) in [5.41, 5.74) is 1.66. The lowest BCUT2D eigenvalue weighted by Crippen LogP contribution is -2.17. The number of benzene rings is 1. The predicted octanol–water partition coefficient (Wildman–Crippen LogP) is 3.48. The lowest BCUT2D eigenvalue weighted by Gasteiger charge is -2.19. The van der Waals surface area contributed by atoms with Gasteiger partial charge < -0.3 is 9.30 Å². The number of halogens is 1. The summed E-state index contributed by atoms with van der Waals surface area (Å²) in [7, 11) is 0. The molecule has 2 rings (SSSR count). The van der Waals surface area contributed by atoms with E-state index in [4.69, 9.17) is 4.74 Å². The van der Waals surface area contributed by atoms with Crippen LogP contribution in [0.1, 0.15) is 42.4 Å². The van der Waals surface area contributed by atoms with Crippen molar-refractivity contribution < 1.29 is 9.53 Å². The van der Waals surface area contributed by atoms with E-state index in [1.165, 1.54) is 0 Å². The van der Waals surface area contributed by atoms with Gasteiger partial charge in [0.05, 0.1) is 25.2 Å². The minimum Gasteiger partial charge on any atom is -0.461 e. The van der Waals surface area contributed by atoms with Crippen molar-refractivity contribution >= 4 is 18.4 Å². The van der Waals surface area contributed by atoms with Crippen LogP contribution in [0.3, 0.4) is 0 Å². The van der Waals surface area contributed by atoms with Crippen molar-refractivity contribution in [2.45, 2.75) is 26.3 Å². The van der Waals surface area contributed by atoms with E-state index >= 15 is 0 Å². The van der Waals surface area contributed by atoms with E-state index < -0.39 is 0 Å². The van der Waals surface area contributed by atoms with Crippen molar-refractivity contribution in [3.05, 3.63) is 54.1 Å². The van der Waals surface area contributed by atoms with Crippen LogP contribution in [0.4, 0.5) is 0 Å². The van der Waals surface area contributed by atoms with Gasteiger partial charge in [-0.3, -0.25) is 0 Å². The monoisotopic (exact) mass is 294 g/mol. The number of carbonyl (C=O) groups excluding carboxylic acids is 1. The topological polar surface area (TPSA) is 44.1 Å². The third-order valence-corrected chi connectivity index (χ3v) is 3.06. The van der Waals surface area contributed by atoms with Gasteiger partial charge in [-0.2, -0.15) is 0 Å². The van der Waals surface area contributed by atoms with Gasteiger partial charge in [-0.25, -0.2) is 9.78 Å². The van der Waals surface area contributed by atoms with Crippen molar-refractivity contribution in [2.75, 3.05) is 6.61 Å². The average Bonchev–Trinajstić information content (AvgIpc) is 2.90. The molecule has 4 nitrogen and oxygen atoms in total. The first-order valence-corrected chi connectivity index (χ1v) is 6.51. The minimum absolute atomic E-state index is 0. The zero-order chi connectivity index (χ0) is 13.7. The van der Waals surface area contributed by atoms with Crippen LogP contribution in [0.2, 0.25) is 0 Å². The molecule has 0 aliphatic carbocycles. The van der Waals surface area contributed by atoms with Crippen LogP contribution in [0.15, 0.2) is 42.9 Å². The Morgan fingerprint density at radius 1 is 1.30 bits per heavy atom. The fraction of sp³-hybridized carbons (Fsp3) is 0.333. The molecule has 0 aliphatic rings. The number of hydrogen-bond acceptors (Lipinski definition) is 3. The van der Waals surface area contributed by atoms with Gasteiger partial charge in [-0.05, 0) is 18.9 Å². The number of ether oxygens (including phenoxy) is 1. The molecular formula is C15H19ClN2O2. The molecule has 0 amide bonds. The lowest BCUT2D eigenvalue weighted by molar-refractivity contribution is 0.0512. The Kier molecular flexibility index (Phi) is 6.25. The molecule has 0 saturated heterocycles. The predicted molar refractivity (Wildman–Crippen MR) is 80.3 cm³/mol. The Bertz CT molecular complexity index is 540. The molecule has 2 aromatic rings. The van der Waals surface area contributed by atoms with Gasteiger partial charge in [-0.15, -0.1) is 12.4 Å². The molecule has 0 aliphatic heterocycles. The van der Waals surface area contributed by atoms with Crippen molar-refractivity contribution in [2.24, 2.45) is 0 Å². The maximum atomic E-state index is 11.9. The Morgan fingerprint density at radius 2 is 2.00 bits per heavy atom. The highest BCUT2D eigenvalue weighted by molar-refractivity contribution is 5.87. The molecule has 1 aromatic heterocycles. The first-order valence-electron chi connectivity index (χ1n) is 6.51. The fourth-order valence-corrected chi connectivity index (χ4v) is 2.18. The Morgan fingerprint density at radius 3 is 2.60 bits per heavy atom. The molecule has 0 fully saturated rings. The maximum absolute atomic E-state index is 11.9. The van der Waals surface area contributed by atoms with E-state index in [0.717, 1.165) is 12.0 Å². The van der Waals surface area contributed by atoms with Crippen LogP contribution >= 0.6 is 12.4 Å². The first kappa shape index (κ1) is 16.2. The van der Waals surface area contributed by atoms with E-state index in [-0.39, 0.29) is 24.4 Å². The van der Waals surface area contributed by atoms with Gasteiger partial charge in [-0.1, -0.05) is 37.3 Å². The fourth-order valence-electron chi connectivity index (χ4n) is 2.18. The number of aromatic nitrogens is 2. The van der Waals surface area contributed by atoms with Crippen LogP contribution in [0, 0.1) is 0 Å². The van der Waals surface area contributed by atoms with E-state index in [9.17, 15) is 4.79 Å². The Hall–Kier alpha value is -1.81. The smallest absolute Gasteiger partial charge is 0.356 e. The summed E-state index contributed by atoms with van der Waals surface area (Å²) in [5.74, 6) is -0.325. The van der Waals surface area contributed by atoms with E-state index in [1.54, 1.807) is 19.4 Å². The van der Waals surface area contributed by atoms with Crippen molar-refractivity contribution in [1.29, 1.82) is 0 Å². The number of carbonyl (C=O) groups is 1. The molecule has 0 bridgehead atoms. The molecule has 5 heteroatoms. The highest BCUT2D eigenvalue weighted by atomic mass is 35.5. The zero-order valence-corrected chi connectivity index (χ0v) is 12.5. The number of nitrogens with zero attached hydrogens (tertiary/aromatic N) is 2. The summed E-state index contributed by atoms with van der Waals surface area (Å²) < 4.78 is 6.94. The van der Waals surface area contributed by atoms with Crippen molar-refractivity contribution in [3.63, 3.8) is 0 Å². The maximum Gasteiger partial charge on any atom is 0.356 e. The van der Waals surface area contributed by atoms with Gasteiger partial charge in [0.2, 0.25) is 0 Å². The highest BCUT2D eigenvalue weighted by Gasteiger charge is 2.19. The van der Waals surface area contributed by atoms with Gasteiger partial charge in [0.25, 0.3) is 0 Å². The second kappa shape index (κ2) is 7.70. The summed E-state index contributed by atoms with van der Waals surface area (Å²) in [4.78, 5) is 16.0. The molecule has 1 unspecified atom stereocenters. The van der Waals surface area contributed by atoms with Crippen LogP contribution in [0.5, 0.6) is 0 Å². The van der Waals surface area contributed by atoms with Gasteiger partial charge in [0.15, 0.2) is 0 Å². The molecule has 20 heavy (non-hydrogen) atoms. The number of rotatable bonds is 5. The summed E-state index contributed by atoms with van der Waals surface area (Å²) >= 11 is 0. The van der Waals surface area contributed by atoms with Gasteiger partial charge >= 0.3 is 5.97 Å². The van der Waals surface area contributed by atoms with Crippen LogP contribution in [-0.4, -0.2) is 22.1 Å². The molecule has 0 spiro atoms. The van der Waals surface area contributed by atoms with Crippen molar-refractivity contribution in [1.82, 2.24) is 9.55 Å². The normalized spacial score (nSPS) is 11.5. The van der Waals surface area contributed by atoms with E-state index in [2.05, 4.69) is 24.0 Å². The molecule has 108 valence electrons. The second-order valence-electron chi connectivity index (χ2n) is 4.24.